The molecule has 0 aliphatic carbocycles. The van der Waals surface area contributed by atoms with Crippen molar-refractivity contribution >= 4 is 46.1 Å². The van der Waals surface area contributed by atoms with Crippen LogP contribution in [0.15, 0.2) is 23.6 Å². The lowest BCUT2D eigenvalue weighted by Gasteiger charge is -2.18. The first-order valence-corrected chi connectivity index (χ1v) is 7.59. The minimum absolute atomic E-state index is 0.241. The van der Waals surface area contributed by atoms with Crippen molar-refractivity contribution in [1.82, 2.24) is 0 Å². The highest BCUT2D eigenvalue weighted by atomic mass is 35.5. The van der Waals surface area contributed by atoms with Crippen molar-refractivity contribution in [2.75, 3.05) is 6.54 Å². The molecule has 0 amide bonds. The van der Waals surface area contributed by atoms with Gasteiger partial charge in [0.2, 0.25) is 0 Å². The number of aryl methyl sites for hydroxylation is 1. The minimum Gasteiger partial charge on any atom is -0.482 e. The zero-order valence-electron chi connectivity index (χ0n) is 10.1. The van der Waals surface area contributed by atoms with Gasteiger partial charge in [-0.3, -0.25) is 0 Å². The summed E-state index contributed by atoms with van der Waals surface area (Å²) < 4.78 is 5.87. The van der Waals surface area contributed by atoms with E-state index in [0.29, 0.717) is 27.4 Å². The molecule has 2 aromatic rings. The Kier molecular flexibility index (Phi) is 4.98. The maximum atomic E-state index is 6.10. The Hall–Kier alpha value is -0.450. The highest BCUT2D eigenvalue weighted by Crippen LogP contribution is 2.37. The lowest BCUT2D eigenvalue weighted by atomic mass is 10.2. The van der Waals surface area contributed by atoms with E-state index in [9.17, 15) is 0 Å². The van der Waals surface area contributed by atoms with Crippen LogP contribution in [0.1, 0.15) is 16.5 Å². The standard InChI is InChI=1S/C13H12Cl3NOS/c1-7-2-3-19-13(7)12(6-17)18-11-5-9(15)8(14)4-10(11)16/h2-5,12H,6,17H2,1H3. The molecule has 0 fully saturated rings. The zero-order chi connectivity index (χ0) is 14.0. The van der Waals surface area contributed by atoms with Crippen LogP contribution < -0.4 is 10.5 Å². The molecule has 1 heterocycles. The van der Waals surface area contributed by atoms with E-state index in [1.807, 2.05) is 18.4 Å². The van der Waals surface area contributed by atoms with Gasteiger partial charge in [0.15, 0.2) is 0 Å². The molecule has 1 unspecified atom stereocenters. The molecule has 0 saturated carbocycles. The second-order valence-electron chi connectivity index (χ2n) is 4.01. The summed E-state index contributed by atoms with van der Waals surface area (Å²) in [5, 5.41) is 3.23. The molecule has 0 bridgehead atoms. The van der Waals surface area contributed by atoms with Gasteiger partial charge in [-0.15, -0.1) is 11.3 Å². The molecule has 0 spiro atoms. The molecular formula is C13H12Cl3NOS. The number of hydrogen-bond donors (Lipinski definition) is 1. The highest BCUT2D eigenvalue weighted by molar-refractivity contribution is 7.10. The molecule has 102 valence electrons. The van der Waals surface area contributed by atoms with Crippen LogP contribution >= 0.6 is 46.1 Å². The first-order chi connectivity index (χ1) is 9.02. The summed E-state index contributed by atoms with van der Waals surface area (Å²) in [4.78, 5) is 1.09. The molecule has 0 aliphatic rings. The zero-order valence-corrected chi connectivity index (χ0v) is 13.2. The van der Waals surface area contributed by atoms with Crippen LogP contribution in [0.25, 0.3) is 0 Å². The van der Waals surface area contributed by atoms with E-state index in [4.69, 9.17) is 45.3 Å². The largest absolute Gasteiger partial charge is 0.482 e. The van der Waals surface area contributed by atoms with Crippen LogP contribution in [0, 0.1) is 6.92 Å². The van der Waals surface area contributed by atoms with Crippen molar-refractivity contribution in [3.63, 3.8) is 0 Å². The van der Waals surface area contributed by atoms with Gasteiger partial charge in [-0.1, -0.05) is 34.8 Å². The molecule has 6 heteroatoms. The second-order valence-corrected chi connectivity index (χ2v) is 6.18. The molecular weight excluding hydrogens is 325 g/mol. The molecule has 0 saturated heterocycles. The predicted molar refractivity (Wildman–Crippen MR) is 83.0 cm³/mol. The number of ether oxygens (including phenoxy) is 1. The lowest BCUT2D eigenvalue weighted by Crippen LogP contribution is -2.18. The highest BCUT2D eigenvalue weighted by Gasteiger charge is 2.17. The predicted octanol–water partition coefficient (Wildman–Crippen LogP) is 5.10. The van der Waals surface area contributed by atoms with Crippen LogP contribution in [0.5, 0.6) is 5.75 Å². The van der Waals surface area contributed by atoms with E-state index in [0.717, 1.165) is 10.4 Å². The molecule has 1 aromatic carbocycles. The average Bonchev–Trinajstić information content (AvgIpc) is 2.78. The number of nitrogens with two attached hydrogens (primary N) is 1. The Labute approximate surface area is 131 Å². The summed E-state index contributed by atoms with van der Waals surface area (Å²) >= 11 is 19.6. The molecule has 19 heavy (non-hydrogen) atoms. The summed E-state index contributed by atoms with van der Waals surface area (Å²) in [5.74, 6) is 0.485. The quantitative estimate of drug-likeness (QED) is 0.789. The molecule has 0 radical (unpaired) electrons. The van der Waals surface area contributed by atoms with Crippen LogP contribution in [0.3, 0.4) is 0 Å². The smallest absolute Gasteiger partial charge is 0.145 e. The van der Waals surface area contributed by atoms with Crippen molar-refractivity contribution in [3.8, 4) is 5.75 Å². The Morgan fingerprint density at radius 2 is 1.89 bits per heavy atom. The third kappa shape index (κ3) is 3.36. The van der Waals surface area contributed by atoms with Gasteiger partial charge in [0.25, 0.3) is 0 Å². The van der Waals surface area contributed by atoms with E-state index in [2.05, 4.69) is 0 Å². The van der Waals surface area contributed by atoms with Crippen molar-refractivity contribution in [2.45, 2.75) is 13.0 Å². The number of thiophene rings is 1. The first kappa shape index (κ1) is 14.9. The van der Waals surface area contributed by atoms with E-state index in [1.54, 1.807) is 23.5 Å². The van der Waals surface area contributed by atoms with Gasteiger partial charge in [0.1, 0.15) is 11.9 Å². The van der Waals surface area contributed by atoms with Crippen LogP contribution in [0.2, 0.25) is 15.1 Å². The number of benzene rings is 1. The summed E-state index contributed by atoms with van der Waals surface area (Å²) in [7, 11) is 0. The van der Waals surface area contributed by atoms with E-state index in [1.165, 1.54) is 0 Å². The third-order valence-corrected chi connectivity index (χ3v) is 4.78. The first-order valence-electron chi connectivity index (χ1n) is 5.58. The van der Waals surface area contributed by atoms with Gasteiger partial charge in [-0.05, 0) is 30.0 Å². The Balaban J connectivity index is 2.29. The number of halogens is 3. The Morgan fingerprint density at radius 1 is 1.21 bits per heavy atom. The van der Waals surface area contributed by atoms with Crippen LogP contribution in [0.4, 0.5) is 0 Å². The SMILES string of the molecule is Cc1ccsc1C(CN)Oc1cc(Cl)c(Cl)cc1Cl. The maximum Gasteiger partial charge on any atom is 0.145 e. The fourth-order valence-corrected chi connectivity index (χ4v) is 3.22. The third-order valence-electron chi connectivity index (χ3n) is 2.65. The lowest BCUT2D eigenvalue weighted by molar-refractivity contribution is 0.217. The molecule has 2 rings (SSSR count). The molecule has 1 aromatic heterocycles. The van der Waals surface area contributed by atoms with Gasteiger partial charge in [-0.2, -0.15) is 0 Å². The van der Waals surface area contributed by atoms with E-state index in [-0.39, 0.29) is 6.10 Å². The van der Waals surface area contributed by atoms with E-state index < -0.39 is 0 Å². The van der Waals surface area contributed by atoms with Crippen molar-refractivity contribution in [3.05, 3.63) is 49.1 Å². The van der Waals surface area contributed by atoms with Gasteiger partial charge >= 0.3 is 0 Å². The van der Waals surface area contributed by atoms with Gasteiger partial charge in [-0.25, -0.2) is 0 Å². The van der Waals surface area contributed by atoms with Crippen molar-refractivity contribution < 1.29 is 4.74 Å². The van der Waals surface area contributed by atoms with Gasteiger partial charge in [0.05, 0.1) is 15.1 Å². The fourth-order valence-electron chi connectivity index (χ4n) is 1.67. The van der Waals surface area contributed by atoms with Crippen LogP contribution in [-0.4, -0.2) is 6.54 Å². The minimum atomic E-state index is -0.241. The summed E-state index contributed by atoms with van der Waals surface area (Å²) in [6.45, 7) is 2.38. The molecule has 1 atom stereocenters. The summed E-state index contributed by atoms with van der Waals surface area (Å²) in [6, 6.07) is 5.20. The number of rotatable bonds is 4. The summed E-state index contributed by atoms with van der Waals surface area (Å²) in [5.41, 5.74) is 6.93. The normalized spacial score (nSPS) is 12.5. The topological polar surface area (TPSA) is 35.2 Å². The van der Waals surface area contributed by atoms with Crippen molar-refractivity contribution in [1.29, 1.82) is 0 Å². The average molecular weight is 337 g/mol. The van der Waals surface area contributed by atoms with Crippen molar-refractivity contribution in [2.24, 2.45) is 5.73 Å². The summed E-state index contributed by atoms with van der Waals surface area (Å²) in [6.07, 6.45) is -0.241. The maximum absolute atomic E-state index is 6.10. The Morgan fingerprint density at radius 3 is 2.47 bits per heavy atom. The number of hydrogen-bond acceptors (Lipinski definition) is 3. The second kappa shape index (κ2) is 6.33. The van der Waals surface area contributed by atoms with E-state index >= 15 is 0 Å². The van der Waals surface area contributed by atoms with Crippen LogP contribution in [-0.2, 0) is 0 Å². The molecule has 2 N–H and O–H groups in total. The monoisotopic (exact) mass is 335 g/mol. The fraction of sp³-hybridized carbons (Fsp3) is 0.231. The Bertz CT molecular complexity index is 585. The molecule has 2 nitrogen and oxygen atoms in total. The molecule has 0 aliphatic heterocycles. The van der Waals surface area contributed by atoms with Gasteiger partial charge < -0.3 is 10.5 Å². The van der Waals surface area contributed by atoms with Gasteiger partial charge in [0, 0.05) is 17.5 Å².